The van der Waals surface area contributed by atoms with Crippen LogP contribution in [0.3, 0.4) is 0 Å². The van der Waals surface area contributed by atoms with Gasteiger partial charge in [-0.2, -0.15) is 0 Å². The molecule has 1 aromatic heterocycles. The summed E-state index contributed by atoms with van der Waals surface area (Å²) in [6.07, 6.45) is 3.33. The molecular weight excluding hydrogens is 190 g/mol. The standard InChI is InChI=1S/C12H11NO2/c14-9-10-3-1-2-4-12(10)15-11-5-7-13-8-6-11/h1-8,14H,9H2. The van der Waals surface area contributed by atoms with Gasteiger partial charge < -0.3 is 9.84 Å². The van der Waals surface area contributed by atoms with Gasteiger partial charge in [0.05, 0.1) is 6.61 Å². The van der Waals surface area contributed by atoms with E-state index in [9.17, 15) is 0 Å². The minimum absolute atomic E-state index is 0.0265. The van der Waals surface area contributed by atoms with E-state index in [-0.39, 0.29) is 6.61 Å². The average molecular weight is 201 g/mol. The van der Waals surface area contributed by atoms with Crippen LogP contribution in [0, 0.1) is 0 Å². The van der Waals surface area contributed by atoms with E-state index in [0.29, 0.717) is 11.5 Å². The van der Waals surface area contributed by atoms with Crippen molar-refractivity contribution in [1.82, 2.24) is 4.98 Å². The van der Waals surface area contributed by atoms with Crippen LogP contribution in [0.4, 0.5) is 0 Å². The topological polar surface area (TPSA) is 42.4 Å². The smallest absolute Gasteiger partial charge is 0.132 e. The number of aliphatic hydroxyl groups is 1. The summed E-state index contributed by atoms with van der Waals surface area (Å²) in [5.74, 6) is 1.39. The Morgan fingerprint density at radius 3 is 2.53 bits per heavy atom. The number of para-hydroxylation sites is 1. The second-order valence-corrected chi connectivity index (χ2v) is 3.05. The zero-order chi connectivity index (χ0) is 10.5. The molecule has 0 saturated heterocycles. The molecule has 0 aliphatic rings. The van der Waals surface area contributed by atoms with Gasteiger partial charge in [-0.3, -0.25) is 4.98 Å². The maximum absolute atomic E-state index is 9.10. The molecule has 0 unspecified atom stereocenters. The molecule has 15 heavy (non-hydrogen) atoms. The molecule has 3 heteroatoms. The molecule has 0 radical (unpaired) electrons. The zero-order valence-corrected chi connectivity index (χ0v) is 8.13. The van der Waals surface area contributed by atoms with E-state index in [1.54, 1.807) is 24.5 Å². The van der Waals surface area contributed by atoms with Crippen molar-refractivity contribution in [2.75, 3.05) is 0 Å². The number of ether oxygens (including phenoxy) is 1. The van der Waals surface area contributed by atoms with Gasteiger partial charge in [-0.25, -0.2) is 0 Å². The van der Waals surface area contributed by atoms with E-state index in [1.807, 2.05) is 24.3 Å². The molecule has 0 atom stereocenters. The van der Waals surface area contributed by atoms with Gasteiger partial charge in [0.2, 0.25) is 0 Å². The summed E-state index contributed by atoms with van der Waals surface area (Å²) < 4.78 is 5.60. The predicted octanol–water partition coefficient (Wildman–Crippen LogP) is 2.37. The predicted molar refractivity (Wildman–Crippen MR) is 56.7 cm³/mol. The molecule has 1 heterocycles. The van der Waals surface area contributed by atoms with Crippen molar-refractivity contribution < 1.29 is 9.84 Å². The third-order valence-corrected chi connectivity index (χ3v) is 2.02. The summed E-state index contributed by atoms with van der Waals surface area (Å²) in [7, 11) is 0. The SMILES string of the molecule is OCc1ccccc1Oc1ccncc1. The van der Waals surface area contributed by atoms with Crippen molar-refractivity contribution in [3.8, 4) is 11.5 Å². The molecule has 0 aliphatic carbocycles. The number of pyridine rings is 1. The van der Waals surface area contributed by atoms with Gasteiger partial charge in [-0.1, -0.05) is 18.2 Å². The van der Waals surface area contributed by atoms with Crippen molar-refractivity contribution in [3.05, 3.63) is 54.4 Å². The van der Waals surface area contributed by atoms with Crippen LogP contribution in [0.5, 0.6) is 11.5 Å². The van der Waals surface area contributed by atoms with E-state index in [0.717, 1.165) is 5.56 Å². The maximum atomic E-state index is 9.10. The van der Waals surface area contributed by atoms with Gasteiger partial charge in [0.1, 0.15) is 11.5 Å². The summed E-state index contributed by atoms with van der Waals surface area (Å²) in [5.41, 5.74) is 0.773. The zero-order valence-electron chi connectivity index (χ0n) is 8.13. The molecule has 76 valence electrons. The Morgan fingerprint density at radius 1 is 1.07 bits per heavy atom. The summed E-state index contributed by atoms with van der Waals surface area (Å²) in [6, 6.07) is 10.9. The number of hydrogen-bond donors (Lipinski definition) is 1. The van der Waals surface area contributed by atoms with Crippen LogP contribution in [-0.2, 0) is 6.61 Å². The van der Waals surface area contributed by atoms with Crippen molar-refractivity contribution in [2.24, 2.45) is 0 Å². The molecule has 0 fully saturated rings. The lowest BCUT2D eigenvalue weighted by molar-refractivity contribution is 0.276. The highest BCUT2D eigenvalue weighted by molar-refractivity contribution is 5.36. The number of aromatic nitrogens is 1. The van der Waals surface area contributed by atoms with E-state index < -0.39 is 0 Å². The van der Waals surface area contributed by atoms with E-state index in [2.05, 4.69) is 4.98 Å². The molecule has 1 aromatic carbocycles. The van der Waals surface area contributed by atoms with Gasteiger partial charge in [0, 0.05) is 18.0 Å². The first-order chi connectivity index (χ1) is 7.40. The molecule has 0 spiro atoms. The highest BCUT2D eigenvalue weighted by Gasteiger charge is 2.02. The van der Waals surface area contributed by atoms with Crippen LogP contribution in [0.2, 0.25) is 0 Å². The van der Waals surface area contributed by atoms with Crippen molar-refractivity contribution in [3.63, 3.8) is 0 Å². The summed E-state index contributed by atoms with van der Waals surface area (Å²) in [4.78, 5) is 3.90. The lowest BCUT2D eigenvalue weighted by atomic mass is 10.2. The van der Waals surface area contributed by atoms with Crippen molar-refractivity contribution in [2.45, 2.75) is 6.61 Å². The fourth-order valence-electron chi connectivity index (χ4n) is 1.27. The van der Waals surface area contributed by atoms with Crippen molar-refractivity contribution >= 4 is 0 Å². The maximum Gasteiger partial charge on any atom is 0.132 e. The first kappa shape index (κ1) is 9.68. The Labute approximate surface area is 88.0 Å². The van der Waals surface area contributed by atoms with Gasteiger partial charge in [-0.05, 0) is 18.2 Å². The third-order valence-electron chi connectivity index (χ3n) is 2.02. The summed E-state index contributed by atoms with van der Waals surface area (Å²) in [6.45, 7) is -0.0265. The first-order valence-electron chi connectivity index (χ1n) is 4.67. The third kappa shape index (κ3) is 2.33. The minimum Gasteiger partial charge on any atom is -0.457 e. The number of benzene rings is 1. The normalized spacial score (nSPS) is 9.93. The highest BCUT2D eigenvalue weighted by atomic mass is 16.5. The van der Waals surface area contributed by atoms with Gasteiger partial charge >= 0.3 is 0 Å². The van der Waals surface area contributed by atoms with Gasteiger partial charge in [-0.15, -0.1) is 0 Å². The highest BCUT2D eigenvalue weighted by Crippen LogP contribution is 2.24. The Kier molecular flexibility index (Phi) is 2.95. The minimum atomic E-state index is -0.0265. The van der Waals surface area contributed by atoms with Gasteiger partial charge in [0.15, 0.2) is 0 Å². The van der Waals surface area contributed by atoms with E-state index in [4.69, 9.17) is 9.84 Å². The average Bonchev–Trinajstić information content (AvgIpc) is 2.31. The Balaban J connectivity index is 2.24. The van der Waals surface area contributed by atoms with Crippen LogP contribution >= 0.6 is 0 Å². The summed E-state index contributed by atoms with van der Waals surface area (Å²) in [5, 5.41) is 9.10. The van der Waals surface area contributed by atoms with Crippen molar-refractivity contribution in [1.29, 1.82) is 0 Å². The number of rotatable bonds is 3. The lowest BCUT2D eigenvalue weighted by Gasteiger charge is -2.08. The first-order valence-corrected chi connectivity index (χ1v) is 4.67. The molecule has 1 N–H and O–H groups in total. The molecule has 0 bridgehead atoms. The van der Waals surface area contributed by atoms with Gasteiger partial charge in [0.25, 0.3) is 0 Å². The molecule has 0 amide bonds. The molecule has 0 aliphatic heterocycles. The molecule has 0 saturated carbocycles. The largest absolute Gasteiger partial charge is 0.457 e. The molecule has 2 rings (SSSR count). The van der Waals surface area contributed by atoms with Crippen LogP contribution in [0.25, 0.3) is 0 Å². The molecular formula is C12H11NO2. The van der Waals surface area contributed by atoms with E-state index >= 15 is 0 Å². The van der Waals surface area contributed by atoms with Crippen LogP contribution < -0.4 is 4.74 Å². The monoisotopic (exact) mass is 201 g/mol. The fourth-order valence-corrected chi connectivity index (χ4v) is 1.27. The molecule has 3 nitrogen and oxygen atoms in total. The lowest BCUT2D eigenvalue weighted by Crippen LogP contribution is -1.90. The number of hydrogen-bond acceptors (Lipinski definition) is 3. The Morgan fingerprint density at radius 2 is 1.80 bits per heavy atom. The number of aliphatic hydroxyl groups excluding tert-OH is 1. The fraction of sp³-hybridized carbons (Fsp3) is 0.0833. The summed E-state index contributed by atoms with van der Waals surface area (Å²) >= 11 is 0. The second-order valence-electron chi connectivity index (χ2n) is 3.05. The number of nitrogens with zero attached hydrogens (tertiary/aromatic N) is 1. The van der Waals surface area contributed by atoms with E-state index in [1.165, 1.54) is 0 Å². The second kappa shape index (κ2) is 4.57. The molecule has 2 aromatic rings. The van der Waals surface area contributed by atoms with Crippen LogP contribution in [-0.4, -0.2) is 10.1 Å². The van der Waals surface area contributed by atoms with Crippen LogP contribution in [0.15, 0.2) is 48.8 Å². The Hall–Kier alpha value is -1.87. The Bertz CT molecular complexity index is 429. The van der Waals surface area contributed by atoms with Crippen LogP contribution in [0.1, 0.15) is 5.56 Å². The quantitative estimate of drug-likeness (QED) is 0.828.